The second-order valence-corrected chi connectivity index (χ2v) is 8.81. The molecule has 32 heavy (non-hydrogen) atoms. The van der Waals surface area contributed by atoms with E-state index in [4.69, 9.17) is 11.6 Å². The molecule has 1 aromatic heterocycles. The number of benzene rings is 2. The summed E-state index contributed by atoms with van der Waals surface area (Å²) in [5, 5.41) is 4.21. The Morgan fingerprint density at radius 2 is 1.75 bits per heavy atom. The smallest absolute Gasteiger partial charge is 0.234 e. The van der Waals surface area contributed by atoms with Crippen molar-refractivity contribution in [2.75, 3.05) is 47.0 Å². The maximum atomic E-state index is 13.2. The lowest BCUT2D eigenvalue weighted by Gasteiger charge is -2.37. The van der Waals surface area contributed by atoms with Gasteiger partial charge in [-0.25, -0.2) is 14.4 Å². The van der Waals surface area contributed by atoms with Crippen molar-refractivity contribution in [3.8, 4) is 0 Å². The molecule has 0 atom stereocenters. The Morgan fingerprint density at radius 1 is 1.06 bits per heavy atom. The highest BCUT2D eigenvalue weighted by atomic mass is 35.5. The van der Waals surface area contributed by atoms with Gasteiger partial charge in [-0.05, 0) is 48.9 Å². The van der Waals surface area contributed by atoms with Crippen molar-refractivity contribution in [3.63, 3.8) is 0 Å². The average molecular weight is 472 g/mol. The van der Waals surface area contributed by atoms with Crippen molar-refractivity contribution in [2.45, 2.75) is 11.9 Å². The van der Waals surface area contributed by atoms with Crippen LogP contribution in [0.1, 0.15) is 5.56 Å². The first-order chi connectivity index (χ1) is 15.5. The number of halogens is 2. The molecule has 0 unspecified atom stereocenters. The summed E-state index contributed by atoms with van der Waals surface area (Å²) in [5.74, 6) is 0.630. The Morgan fingerprint density at radius 3 is 2.47 bits per heavy atom. The van der Waals surface area contributed by atoms with E-state index in [0.29, 0.717) is 10.7 Å². The fraction of sp³-hybridized carbons (Fsp3) is 0.261. The number of nitrogens with one attached hydrogen (secondary N) is 1. The molecule has 1 N–H and O–H groups in total. The van der Waals surface area contributed by atoms with Gasteiger partial charge in [0.2, 0.25) is 5.91 Å². The SMILES string of the molecule is Cc1ccc(NC(=O)CSc2nccnc2N2CCN(c3ccc(F)cc3)CC2)cc1Cl. The van der Waals surface area contributed by atoms with Crippen molar-refractivity contribution in [3.05, 3.63) is 71.3 Å². The summed E-state index contributed by atoms with van der Waals surface area (Å²) >= 11 is 7.49. The minimum Gasteiger partial charge on any atom is -0.368 e. The van der Waals surface area contributed by atoms with E-state index in [1.54, 1.807) is 30.6 Å². The normalized spacial score (nSPS) is 13.8. The molecule has 0 aliphatic carbocycles. The van der Waals surface area contributed by atoms with E-state index < -0.39 is 0 Å². The van der Waals surface area contributed by atoms with E-state index in [2.05, 4.69) is 25.1 Å². The highest BCUT2D eigenvalue weighted by Crippen LogP contribution is 2.28. The summed E-state index contributed by atoms with van der Waals surface area (Å²) in [7, 11) is 0. The van der Waals surface area contributed by atoms with Crippen LogP contribution in [0.4, 0.5) is 21.6 Å². The van der Waals surface area contributed by atoms with E-state index in [-0.39, 0.29) is 17.5 Å². The van der Waals surface area contributed by atoms with Crippen LogP contribution in [0.15, 0.2) is 59.9 Å². The quantitative estimate of drug-likeness (QED) is 0.529. The van der Waals surface area contributed by atoms with Crippen LogP contribution < -0.4 is 15.1 Å². The van der Waals surface area contributed by atoms with Crippen molar-refractivity contribution in [1.29, 1.82) is 0 Å². The molecule has 0 radical (unpaired) electrons. The van der Waals surface area contributed by atoms with Gasteiger partial charge >= 0.3 is 0 Å². The fourth-order valence-corrected chi connectivity index (χ4v) is 4.43. The molecule has 1 saturated heterocycles. The molecule has 1 amide bonds. The third-order valence-corrected chi connectivity index (χ3v) is 6.59. The molecule has 0 saturated carbocycles. The molecule has 2 aromatic carbocycles. The number of hydrogen-bond acceptors (Lipinski definition) is 6. The van der Waals surface area contributed by atoms with Gasteiger partial charge in [-0.15, -0.1) is 0 Å². The molecule has 3 aromatic rings. The topological polar surface area (TPSA) is 61.4 Å². The summed E-state index contributed by atoms with van der Waals surface area (Å²) in [6.07, 6.45) is 3.30. The number of nitrogens with zero attached hydrogens (tertiary/aromatic N) is 4. The van der Waals surface area contributed by atoms with Gasteiger partial charge in [0, 0.05) is 55.0 Å². The minimum absolute atomic E-state index is 0.132. The number of aromatic nitrogens is 2. The molecular formula is C23H23ClFN5OS. The minimum atomic E-state index is -0.233. The van der Waals surface area contributed by atoms with Crippen molar-refractivity contribution in [2.24, 2.45) is 0 Å². The zero-order chi connectivity index (χ0) is 22.5. The molecule has 1 fully saturated rings. The van der Waals surface area contributed by atoms with Crippen molar-refractivity contribution >= 4 is 46.5 Å². The highest BCUT2D eigenvalue weighted by molar-refractivity contribution is 8.00. The lowest BCUT2D eigenvalue weighted by atomic mass is 10.2. The highest BCUT2D eigenvalue weighted by Gasteiger charge is 2.21. The van der Waals surface area contributed by atoms with Crippen LogP contribution in [0.3, 0.4) is 0 Å². The first-order valence-electron chi connectivity index (χ1n) is 10.2. The molecule has 0 bridgehead atoms. The van der Waals surface area contributed by atoms with Crippen LogP contribution in [-0.2, 0) is 4.79 Å². The maximum absolute atomic E-state index is 13.2. The number of hydrogen-bond donors (Lipinski definition) is 1. The van der Waals surface area contributed by atoms with E-state index in [1.165, 1.54) is 23.9 Å². The Kier molecular flexibility index (Phi) is 7.12. The summed E-state index contributed by atoms with van der Waals surface area (Å²) in [5.41, 5.74) is 2.64. The molecule has 6 nitrogen and oxygen atoms in total. The molecule has 1 aliphatic heterocycles. The lowest BCUT2D eigenvalue weighted by Crippen LogP contribution is -2.47. The van der Waals surface area contributed by atoms with E-state index in [0.717, 1.165) is 48.3 Å². The summed E-state index contributed by atoms with van der Waals surface area (Å²) < 4.78 is 13.2. The molecule has 166 valence electrons. The molecular weight excluding hydrogens is 449 g/mol. The van der Waals surface area contributed by atoms with Crippen LogP contribution in [0.25, 0.3) is 0 Å². The number of amides is 1. The zero-order valence-electron chi connectivity index (χ0n) is 17.6. The Bertz CT molecular complexity index is 1090. The van der Waals surface area contributed by atoms with Crippen LogP contribution in [0.5, 0.6) is 0 Å². The summed E-state index contributed by atoms with van der Waals surface area (Å²) in [4.78, 5) is 25.8. The molecule has 9 heteroatoms. The maximum Gasteiger partial charge on any atom is 0.234 e. The van der Waals surface area contributed by atoms with Gasteiger partial charge in [0.25, 0.3) is 0 Å². The second kappa shape index (κ2) is 10.2. The Balaban J connectivity index is 1.35. The number of carbonyl (C=O) groups excluding carboxylic acids is 1. The fourth-order valence-electron chi connectivity index (χ4n) is 3.47. The van der Waals surface area contributed by atoms with Gasteiger partial charge in [0.1, 0.15) is 10.8 Å². The number of aryl methyl sites for hydroxylation is 1. The molecule has 0 spiro atoms. The van der Waals surface area contributed by atoms with Crippen molar-refractivity contribution in [1.82, 2.24) is 9.97 Å². The van der Waals surface area contributed by atoms with Crippen LogP contribution in [0, 0.1) is 12.7 Å². The van der Waals surface area contributed by atoms with E-state index in [1.807, 2.05) is 19.1 Å². The van der Waals surface area contributed by atoms with E-state index >= 15 is 0 Å². The lowest BCUT2D eigenvalue weighted by molar-refractivity contribution is -0.113. The predicted octanol–water partition coefficient (Wildman–Crippen LogP) is 4.63. The third-order valence-electron chi connectivity index (χ3n) is 5.21. The van der Waals surface area contributed by atoms with Gasteiger partial charge in [0.15, 0.2) is 5.82 Å². The van der Waals surface area contributed by atoms with Crippen LogP contribution in [-0.4, -0.2) is 47.8 Å². The third kappa shape index (κ3) is 5.49. The number of anilines is 3. The molecule has 1 aliphatic rings. The number of carbonyl (C=O) groups is 1. The first kappa shape index (κ1) is 22.4. The largest absolute Gasteiger partial charge is 0.368 e. The van der Waals surface area contributed by atoms with Crippen molar-refractivity contribution < 1.29 is 9.18 Å². The van der Waals surface area contributed by atoms with Crippen LogP contribution >= 0.6 is 23.4 Å². The Hall–Kier alpha value is -2.84. The summed E-state index contributed by atoms with van der Waals surface area (Å²) in [6.45, 7) is 5.02. The summed E-state index contributed by atoms with van der Waals surface area (Å²) in [6, 6.07) is 12.0. The molecule has 4 rings (SSSR count). The number of thioether (sulfide) groups is 1. The van der Waals surface area contributed by atoms with Gasteiger partial charge in [-0.2, -0.15) is 0 Å². The predicted molar refractivity (Wildman–Crippen MR) is 128 cm³/mol. The average Bonchev–Trinajstić information content (AvgIpc) is 2.81. The van der Waals surface area contributed by atoms with Gasteiger partial charge in [-0.1, -0.05) is 29.4 Å². The van der Waals surface area contributed by atoms with Crippen LogP contribution in [0.2, 0.25) is 5.02 Å². The first-order valence-corrected chi connectivity index (χ1v) is 11.6. The van der Waals surface area contributed by atoms with Gasteiger partial charge < -0.3 is 15.1 Å². The van der Waals surface area contributed by atoms with E-state index in [9.17, 15) is 9.18 Å². The van der Waals surface area contributed by atoms with Gasteiger partial charge in [-0.3, -0.25) is 4.79 Å². The number of rotatable bonds is 6. The number of piperazine rings is 1. The molecule has 2 heterocycles. The zero-order valence-corrected chi connectivity index (χ0v) is 19.2. The van der Waals surface area contributed by atoms with Gasteiger partial charge in [0.05, 0.1) is 5.75 Å². The monoisotopic (exact) mass is 471 g/mol. The second-order valence-electron chi connectivity index (χ2n) is 7.44. The standard InChI is InChI=1S/C23H23ClFN5OS/c1-16-2-5-18(14-20(16)24)28-21(31)15-32-23-22(26-8-9-27-23)30-12-10-29(11-13-30)19-6-3-17(25)4-7-19/h2-9,14H,10-13,15H2,1H3,(H,28,31). The Labute approximate surface area is 195 Å².